The normalized spacial score (nSPS) is 22.4. The third-order valence-corrected chi connectivity index (χ3v) is 4.39. The van der Waals surface area contributed by atoms with Crippen LogP contribution in [-0.4, -0.2) is 50.5 Å². The molecule has 1 fully saturated rings. The van der Waals surface area contributed by atoms with E-state index in [2.05, 4.69) is 38.3 Å². The van der Waals surface area contributed by atoms with Crippen molar-refractivity contribution in [2.75, 3.05) is 39.5 Å². The maximum absolute atomic E-state index is 9.29. The van der Waals surface area contributed by atoms with E-state index in [1.54, 1.807) is 0 Å². The van der Waals surface area contributed by atoms with Gasteiger partial charge in [-0.2, -0.15) is 0 Å². The Kier molecular flexibility index (Phi) is 8.92. The van der Waals surface area contributed by atoms with Gasteiger partial charge >= 0.3 is 0 Å². The van der Waals surface area contributed by atoms with Crippen molar-refractivity contribution in [3.8, 4) is 0 Å². The molecule has 1 rings (SSSR count). The number of unbranched alkanes of at least 4 members (excludes halogenated alkanes) is 1. The van der Waals surface area contributed by atoms with Gasteiger partial charge in [-0.25, -0.2) is 0 Å². The lowest BCUT2D eigenvalue weighted by Crippen LogP contribution is -2.39. The molecule has 0 aromatic carbocycles. The molecule has 1 aliphatic heterocycles. The van der Waals surface area contributed by atoms with Crippen molar-refractivity contribution < 1.29 is 9.84 Å². The van der Waals surface area contributed by atoms with E-state index in [0.29, 0.717) is 18.6 Å². The van der Waals surface area contributed by atoms with Gasteiger partial charge in [0.2, 0.25) is 0 Å². The number of hydrogen-bond donors (Lipinski definition) is 3. The Bertz CT molecular complexity index is 345. The summed E-state index contributed by atoms with van der Waals surface area (Å²) in [6, 6.07) is 0. The highest BCUT2D eigenvalue weighted by Crippen LogP contribution is 2.32. The second kappa shape index (κ2) is 10.1. The van der Waals surface area contributed by atoms with E-state index >= 15 is 0 Å². The second-order valence-electron chi connectivity index (χ2n) is 7.92. The Morgan fingerprint density at radius 2 is 2.04 bits per heavy atom. The standard InChI is InChI=1S/C18H37N3O2/c1-5-19-16(20-11-7-6-8-17(2,3)4)21-14-18(9-12-22)10-13-23-15-18/h22H,5-15H2,1-4H3,(H2,19,20,21). The average molecular weight is 328 g/mol. The number of guanidine groups is 1. The molecule has 0 amide bonds. The fourth-order valence-corrected chi connectivity index (χ4v) is 2.86. The van der Waals surface area contributed by atoms with E-state index in [1.165, 1.54) is 12.8 Å². The summed E-state index contributed by atoms with van der Waals surface area (Å²) >= 11 is 0. The topological polar surface area (TPSA) is 65.9 Å². The first-order valence-corrected chi connectivity index (χ1v) is 9.12. The minimum Gasteiger partial charge on any atom is -0.396 e. The highest BCUT2D eigenvalue weighted by atomic mass is 16.5. The molecule has 1 unspecified atom stereocenters. The zero-order chi connectivity index (χ0) is 17.2. The van der Waals surface area contributed by atoms with Crippen molar-refractivity contribution >= 4 is 5.96 Å². The van der Waals surface area contributed by atoms with E-state index in [4.69, 9.17) is 9.73 Å². The van der Waals surface area contributed by atoms with Crippen LogP contribution in [0.15, 0.2) is 4.99 Å². The number of hydrogen-bond acceptors (Lipinski definition) is 3. The molecule has 3 N–H and O–H groups in total. The first-order chi connectivity index (χ1) is 10.9. The third-order valence-electron chi connectivity index (χ3n) is 4.39. The summed E-state index contributed by atoms with van der Waals surface area (Å²) in [5, 5.41) is 16.0. The van der Waals surface area contributed by atoms with Crippen molar-refractivity contribution in [1.29, 1.82) is 0 Å². The summed E-state index contributed by atoms with van der Waals surface area (Å²) in [6.07, 6.45) is 5.40. The van der Waals surface area contributed by atoms with Crippen LogP contribution >= 0.6 is 0 Å². The number of nitrogens with zero attached hydrogens (tertiary/aromatic N) is 1. The lowest BCUT2D eigenvalue weighted by molar-refractivity contribution is 0.131. The maximum Gasteiger partial charge on any atom is 0.191 e. The Balaban J connectivity index is 2.40. The molecule has 0 aromatic rings. The van der Waals surface area contributed by atoms with Crippen LogP contribution in [-0.2, 0) is 4.74 Å². The first kappa shape index (κ1) is 20.2. The predicted octanol–water partition coefficient (Wildman–Crippen LogP) is 2.55. The van der Waals surface area contributed by atoms with Gasteiger partial charge in [-0.1, -0.05) is 27.2 Å². The number of ether oxygens (including phenoxy) is 1. The van der Waals surface area contributed by atoms with Crippen molar-refractivity contribution in [2.24, 2.45) is 15.8 Å². The van der Waals surface area contributed by atoms with Crippen molar-refractivity contribution in [3.63, 3.8) is 0 Å². The molecule has 1 heterocycles. The van der Waals surface area contributed by atoms with Crippen LogP contribution in [0.1, 0.15) is 59.8 Å². The predicted molar refractivity (Wildman–Crippen MR) is 96.9 cm³/mol. The number of aliphatic hydroxyl groups excluding tert-OH is 1. The van der Waals surface area contributed by atoms with Gasteiger partial charge in [0.15, 0.2) is 5.96 Å². The van der Waals surface area contributed by atoms with Gasteiger partial charge in [-0.3, -0.25) is 4.99 Å². The molecule has 0 saturated carbocycles. The molecule has 0 aromatic heterocycles. The molecule has 0 aliphatic carbocycles. The minimum absolute atomic E-state index is 0.0172. The largest absolute Gasteiger partial charge is 0.396 e. The van der Waals surface area contributed by atoms with Gasteiger partial charge in [-0.15, -0.1) is 0 Å². The lowest BCUT2D eigenvalue weighted by atomic mass is 9.84. The van der Waals surface area contributed by atoms with Gasteiger partial charge in [0.25, 0.3) is 0 Å². The molecular weight excluding hydrogens is 290 g/mol. The van der Waals surface area contributed by atoms with Gasteiger partial charge < -0.3 is 20.5 Å². The van der Waals surface area contributed by atoms with E-state index < -0.39 is 0 Å². The average Bonchev–Trinajstić information content (AvgIpc) is 2.92. The Morgan fingerprint density at radius 3 is 2.61 bits per heavy atom. The van der Waals surface area contributed by atoms with Crippen LogP contribution in [0, 0.1) is 10.8 Å². The Labute approximate surface area is 142 Å². The Hall–Kier alpha value is -0.810. The molecule has 23 heavy (non-hydrogen) atoms. The molecule has 0 spiro atoms. The summed E-state index contributed by atoms with van der Waals surface area (Å²) in [7, 11) is 0. The summed E-state index contributed by atoms with van der Waals surface area (Å²) < 4.78 is 5.53. The van der Waals surface area contributed by atoms with Crippen LogP contribution in [0.4, 0.5) is 0 Å². The highest BCUT2D eigenvalue weighted by Gasteiger charge is 2.34. The zero-order valence-corrected chi connectivity index (χ0v) is 15.6. The highest BCUT2D eigenvalue weighted by molar-refractivity contribution is 5.79. The fraction of sp³-hybridized carbons (Fsp3) is 0.944. The molecule has 1 aliphatic rings. The SMILES string of the molecule is CCNC(=NCC1(CCO)CCOC1)NCCCCC(C)(C)C. The quantitative estimate of drug-likeness (QED) is 0.346. The molecule has 136 valence electrons. The minimum atomic E-state index is 0.0172. The smallest absolute Gasteiger partial charge is 0.191 e. The first-order valence-electron chi connectivity index (χ1n) is 9.12. The summed E-state index contributed by atoms with van der Waals surface area (Å²) in [5.74, 6) is 0.882. The molecule has 5 heteroatoms. The second-order valence-corrected chi connectivity index (χ2v) is 7.92. The molecule has 1 saturated heterocycles. The molecule has 0 bridgehead atoms. The third kappa shape index (κ3) is 8.56. The number of rotatable bonds is 9. The van der Waals surface area contributed by atoms with E-state index in [0.717, 1.165) is 44.9 Å². The van der Waals surface area contributed by atoms with Gasteiger partial charge in [0.1, 0.15) is 0 Å². The van der Waals surface area contributed by atoms with Crippen molar-refractivity contribution in [1.82, 2.24) is 10.6 Å². The summed E-state index contributed by atoms with van der Waals surface area (Å²) in [4.78, 5) is 4.74. The van der Waals surface area contributed by atoms with Crippen molar-refractivity contribution in [3.05, 3.63) is 0 Å². The van der Waals surface area contributed by atoms with Crippen molar-refractivity contribution in [2.45, 2.75) is 59.8 Å². The van der Waals surface area contributed by atoms with Gasteiger partial charge in [0, 0.05) is 31.7 Å². The molecular formula is C18H37N3O2. The lowest BCUT2D eigenvalue weighted by Gasteiger charge is -2.25. The Morgan fingerprint density at radius 1 is 1.26 bits per heavy atom. The van der Waals surface area contributed by atoms with Crippen LogP contribution in [0.5, 0.6) is 0 Å². The monoisotopic (exact) mass is 327 g/mol. The molecule has 5 nitrogen and oxygen atoms in total. The number of aliphatic hydroxyl groups is 1. The summed E-state index contributed by atoms with van der Waals surface area (Å²) in [5.41, 5.74) is 0.432. The van der Waals surface area contributed by atoms with E-state index in [9.17, 15) is 5.11 Å². The number of aliphatic imine (C=N–C) groups is 1. The van der Waals surface area contributed by atoms with Gasteiger partial charge in [0.05, 0.1) is 13.2 Å². The fourth-order valence-electron chi connectivity index (χ4n) is 2.86. The van der Waals surface area contributed by atoms with Gasteiger partial charge in [-0.05, 0) is 38.0 Å². The van der Waals surface area contributed by atoms with Crippen LogP contribution in [0.3, 0.4) is 0 Å². The zero-order valence-electron chi connectivity index (χ0n) is 15.6. The molecule has 1 atom stereocenters. The van der Waals surface area contributed by atoms with Crippen LogP contribution < -0.4 is 10.6 Å². The summed E-state index contributed by atoms with van der Waals surface area (Å²) in [6.45, 7) is 13.2. The van der Waals surface area contributed by atoms with E-state index in [1.807, 2.05) is 0 Å². The molecule has 0 radical (unpaired) electrons. The number of nitrogens with one attached hydrogen (secondary N) is 2. The maximum atomic E-state index is 9.29. The van der Waals surface area contributed by atoms with Crippen LogP contribution in [0.2, 0.25) is 0 Å². The van der Waals surface area contributed by atoms with E-state index in [-0.39, 0.29) is 12.0 Å². The van der Waals surface area contributed by atoms with Crippen LogP contribution in [0.25, 0.3) is 0 Å².